The third-order valence-corrected chi connectivity index (χ3v) is 2.01. The van der Waals surface area contributed by atoms with Gasteiger partial charge in [-0.1, -0.05) is 12.2 Å². The molecular weight excluding hydrogens is 168 g/mol. The van der Waals surface area contributed by atoms with Gasteiger partial charge >= 0.3 is 5.97 Å². The van der Waals surface area contributed by atoms with Crippen LogP contribution in [0.3, 0.4) is 0 Å². The Morgan fingerprint density at radius 2 is 2.00 bits per heavy atom. The number of cyclic esters (lactones) is 1. The van der Waals surface area contributed by atoms with Crippen molar-refractivity contribution in [2.45, 2.75) is 38.2 Å². The maximum Gasteiger partial charge on any atom is 0.348 e. The molecule has 0 aromatic rings. The van der Waals surface area contributed by atoms with Gasteiger partial charge in [0.1, 0.15) is 0 Å². The Labute approximate surface area is 78.4 Å². The monoisotopic (exact) mass is 184 g/mol. The third kappa shape index (κ3) is 4.68. The Morgan fingerprint density at radius 1 is 1.31 bits per heavy atom. The van der Waals surface area contributed by atoms with Gasteiger partial charge in [0.25, 0.3) is 0 Å². The molecule has 0 amide bonds. The molecule has 0 radical (unpaired) electrons. The van der Waals surface area contributed by atoms with Crippen molar-refractivity contribution in [2.75, 3.05) is 6.61 Å². The first kappa shape index (κ1) is 10.3. The van der Waals surface area contributed by atoms with Crippen LogP contribution in [0.15, 0.2) is 12.2 Å². The first-order valence-electron chi connectivity index (χ1n) is 4.81. The fourth-order valence-electron chi connectivity index (χ4n) is 1.14. The zero-order valence-corrected chi connectivity index (χ0v) is 7.74. The molecule has 0 aromatic heterocycles. The maximum atomic E-state index is 10.4. The van der Waals surface area contributed by atoms with E-state index < -0.39 is 0 Å². The molecule has 0 bridgehead atoms. The van der Waals surface area contributed by atoms with Crippen LogP contribution < -0.4 is 0 Å². The third-order valence-electron chi connectivity index (χ3n) is 2.01. The summed E-state index contributed by atoms with van der Waals surface area (Å²) in [6.45, 7) is 0.276. The highest BCUT2D eigenvalue weighted by Gasteiger charge is 2.36. The molecule has 1 atom stereocenters. The van der Waals surface area contributed by atoms with E-state index in [4.69, 9.17) is 5.11 Å². The van der Waals surface area contributed by atoms with E-state index in [-0.39, 0.29) is 18.7 Å². The molecular formula is C10H16O3. The van der Waals surface area contributed by atoms with E-state index in [1.165, 1.54) is 0 Å². The first-order valence-corrected chi connectivity index (χ1v) is 4.81. The predicted octanol–water partition coefficient (Wildman–Crippen LogP) is 1.41. The van der Waals surface area contributed by atoms with Crippen molar-refractivity contribution in [3.63, 3.8) is 0 Å². The molecule has 1 aliphatic rings. The SMILES string of the molecule is O=C1OC1CCC=CCCCCO. The number of aliphatic hydroxyl groups is 1. The maximum absolute atomic E-state index is 10.4. The first-order chi connectivity index (χ1) is 6.34. The standard InChI is InChI=1S/C10H16O3/c11-8-6-4-2-1-3-5-7-9-10(12)13-9/h1,3,9,11H,2,4-8H2. The summed E-state index contributed by atoms with van der Waals surface area (Å²) >= 11 is 0. The second-order valence-electron chi connectivity index (χ2n) is 3.19. The van der Waals surface area contributed by atoms with Crippen LogP contribution in [-0.4, -0.2) is 23.8 Å². The van der Waals surface area contributed by atoms with E-state index >= 15 is 0 Å². The van der Waals surface area contributed by atoms with Crippen LogP contribution in [0.4, 0.5) is 0 Å². The topological polar surface area (TPSA) is 49.8 Å². The number of epoxide rings is 1. The number of aliphatic hydroxyl groups excluding tert-OH is 1. The van der Waals surface area contributed by atoms with E-state index in [0.29, 0.717) is 0 Å². The lowest BCUT2D eigenvalue weighted by Crippen LogP contribution is -1.85. The molecule has 1 fully saturated rings. The van der Waals surface area contributed by atoms with Crippen molar-refractivity contribution < 1.29 is 14.6 Å². The summed E-state index contributed by atoms with van der Waals surface area (Å²) < 4.78 is 4.66. The average molecular weight is 184 g/mol. The summed E-state index contributed by atoms with van der Waals surface area (Å²) in [6, 6.07) is 0. The lowest BCUT2D eigenvalue weighted by molar-refractivity contribution is -0.117. The lowest BCUT2D eigenvalue weighted by Gasteiger charge is -1.91. The number of carbonyl (C=O) groups is 1. The van der Waals surface area contributed by atoms with Gasteiger partial charge in [-0.3, -0.25) is 0 Å². The highest BCUT2D eigenvalue weighted by Crippen LogP contribution is 2.18. The van der Waals surface area contributed by atoms with Gasteiger partial charge in [-0.05, 0) is 32.1 Å². The van der Waals surface area contributed by atoms with Gasteiger partial charge in [0.2, 0.25) is 0 Å². The Bertz CT molecular complexity index is 187. The van der Waals surface area contributed by atoms with E-state index in [1.807, 2.05) is 0 Å². The van der Waals surface area contributed by atoms with Crippen LogP contribution >= 0.6 is 0 Å². The van der Waals surface area contributed by atoms with Crippen molar-refractivity contribution >= 4 is 5.97 Å². The molecule has 74 valence electrons. The van der Waals surface area contributed by atoms with Crippen LogP contribution in [0, 0.1) is 0 Å². The van der Waals surface area contributed by atoms with Crippen molar-refractivity contribution in [2.24, 2.45) is 0 Å². The number of hydrogen-bond donors (Lipinski definition) is 1. The Morgan fingerprint density at radius 3 is 2.62 bits per heavy atom. The van der Waals surface area contributed by atoms with E-state index in [2.05, 4.69) is 16.9 Å². The fourth-order valence-corrected chi connectivity index (χ4v) is 1.14. The Kier molecular flexibility index (Phi) is 4.54. The Balaban J connectivity index is 1.84. The summed E-state index contributed by atoms with van der Waals surface area (Å²) in [6.07, 6.45) is 8.71. The summed E-state index contributed by atoms with van der Waals surface area (Å²) in [5.74, 6) is -0.0614. The predicted molar refractivity (Wildman–Crippen MR) is 49.2 cm³/mol. The van der Waals surface area contributed by atoms with Gasteiger partial charge in [0.05, 0.1) is 0 Å². The number of hydrogen-bond acceptors (Lipinski definition) is 3. The number of ether oxygens (including phenoxy) is 1. The van der Waals surface area contributed by atoms with Crippen molar-refractivity contribution in [1.29, 1.82) is 0 Å². The van der Waals surface area contributed by atoms with Crippen LogP contribution in [0.25, 0.3) is 0 Å². The minimum atomic E-state index is -0.109. The van der Waals surface area contributed by atoms with Gasteiger partial charge in [-0.15, -0.1) is 0 Å². The normalized spacial score (nSPS) is 20.7. The molecule has 1 heterocycles. The smallest absolute Gasteiger partial charge is 0.348 e. The number of allylic oxidation sites excluding steroid dienone is 2. The molecule has 3 nitrogen and oxygen atoms in total. The quantitative estimate of drug-likeness (QED) is 0.370. The highest BCUT2D eigenvalue weighted by atomic mass is 16.6. The van der Waals surface area contributed by atoms with E-state index in [9.17, 15) is 4.79 Å². The molecule has 3 heteroatoms. The minimum absolute atomic E-state index is 0.0614. The van der Waals surface area contributed by atoms with Gasteiger partial charge in [0.15, 0.2) is 6.10 Å². The minimum Gasteiger partial charge on any atom is -0.448 e. The van der Waals surface area contributed by atoms with Crippen LogP contribution in [0.2, 0.25) is 0 Å². The van der Waals surface area contributed by atoms with Crippen molar-refractivity contribution in [3.8, 4) is 0 Å². The summed E-state index contributed by atoms with van der Waals surface area (Å²) in [5.41, 5.74) is 0. The largest absolute Gasteiger partial charge is 0.448 e. The van der Waals surface area contributed by atoms with E-state index in [1.54, 1.807) is 0 Å². The van der Waals surface area contributed by atoms with Crippen molar-refractivity contribution in [1.82, 2.24) is 0 Å². The molecule has 0 saturated carbocycles. The van der Waals surface area contributed by atoms with Crippen LogP contribution in [-0.2, 0) is 9.53 Å². The summed E-state index contributed by atoms with van der Waals surface area (Å²) in [5, 5.41) is 8.50. The molecule has 1 N–H and O–H groups in total. The second-order valence-corrected chi connectivity index (χ2v) is 3.19. The number of rotatable bonds is 7. The van der Waals surface area contributed by atoms with Gasteiger partial charge < -0.3 is 9.84 Å². The van der Waals surface area contributed by atoms with Crippen molar-refractivity contribution in [3.05, 3.63) is 12.2 Å². The highest BCUT2D eigenvalue weighted by molar-refractivity contribution is 5.87. The summed E-state index contributed by atoms with van der Waals surface area (Å²) in [7, 11) is 0. The molecule has 0 aromatic carbocycles. The molecule has 1 aliphatic heterocycles. The molecule has 0 spiro atoms. The van der Waals surface area contributed by atoms with Crippen LogP contribution in [0.1, 0.15) is 32.1 Å². The van der Waals surface area contributed by atoms with Gasteiger partial charge in [-0.2, -0.15) is 0 Å². The van der Waals surface area contributed by atoms with Gasteiger partial charge in [0, 0.05) is 6.61 Å². The average Bonchev–Trinajstić information content (AvgIpc) is 2.81. The molecule has 1 rings (SSSR count). The Hall–Kier alpha value is -0.830. The zero-order valence-electron chi connectivity index (χ0n) is 7.74. The van der Waals surface area contributed by atoms with Crippen LogP contribution in [0.5, 0.6) is 0 Å². The molecule has 13 heavy (non-hydrogen) atoms. The fraction of sp³-hybridized carbons (Fsp3) is 0.700. The second kappa shape index (κ2) is 5.75. The number of unbranched alkanes of at least 4 members (excludes halogenated alkanes) is 2. The number of carbonyl (C=O) groups excluding carboxylic acids is 1. The molecule has 1 saturated heterocycles. The summed E-state index contributed by atoms with van der Waals surface area (Å²) in [4.78, 5) is 10.4. The zero-order chi connectivity index (χ0) is 9.52. The van der Waals surface area contributed by atoms with Gasteiger partial charge in [-0.25, -0.2) is 4.79 Å². The molecule has 1 unspecified atom stereocenters. The van der Waals surface area contributed by atoms with E-state index in [0.717, 1.165) is 32.1 Å². The lowest BCUT2D eigenvalue weighted by atomic mass is 10.2. The molecule has 0 aliphatic carbocycles.